The number of benzene rings is 1. The highest BCUT2D eigenvalue weighted by atomic mass is 19.4. The van der Waals surface area contributed by atoms with E-state index in [0.29, 0.717) is 16.7 Å². The summed E-state index contributed by atoms with van der Waals surface area (Å²) in [5, 5.41) is 11.0. The highest BCUT2D eigenvalue weighted by Crippen LogP contribution is 2.34. The highest BCUT2D eigenvalue weighted by molar-refractivity contribution is 6.05. The van der Waals surface area contributed by atoms with E-state index in [1.165, 1.54) is 6.07 Å². The van der Waals surface area contributed by atoms with Crippen LogP contribution in [0.2, 0.25) is 0 Å². The lowest BCUT2D eigenvalue weighted by atomic mass is 9.97. The molecule has 0 aliphatic carbocycles. The van der Waals surface area contributed by atoms with E-state index in [1.807, 2.05) is 0 Å². The van der Waals surface area contributed by atoms with E-state index in [0.717, 1.165) is 0 Å². The Kier molecular flexibility index (Phi) is 4.40. The summed E-state index contributed by atoms with van der Waals surface area (Å²) in [5.74, 6) is -1.24. The molecule has 10 heteroatoms. The molecule has 0 saturated carbocycles. The van der Waals surface area contributed by atoms with Gasteiger partial charge in [-0.1, -0.05) is 18.2 Å². The summed E-state index contributed by atoms with van der Waals surface area (Å²) >= 11 is 0. The second kappa shape index (κ2) is 6.77. The van der Waals surface area contributed by atoms with Gasteiger partial charge in [0.15, 0.2) is 5.82 Å². The molecule has 3 heterocycles. The number of pyridine rings is 1. The number of fused-ring (bicyclic) bond motifs is 2. The normalized spacial score (nSPS) is 16.8. The maximum Gasteiger partial charge on any atom is 0.392 e. The van der Waals surface area contributed by atoms with Crippen molar-refractivity contribution >= 4 is 16.8 Å². The number of para-hydroxylation sites is 1. The number of carbonyl (C=O) groups is 1. The second-order valence-corrected chi connectivity index (χ2v) is 6.69. The third kappa shape index (κ3) is 3.37. The van der Waals surface area contributed by atoms with Crippen LogP contribution in [0, 0.1) is 5.92 Å². The molecule has 1 atom stereocenters. The summed E-state index contributed by atoms with van der Waals surface area (Å²) < 4.78 is 40.3. The van der Waals surface area contributed by atoms with Crippen molar-refractivity contribution in [1.29, 1.82) is 0 Å². The topological polar surface area (TPSA) is 92.7 Å². The van der Waals surface area contributed by atoms with Gasteiger partial charge >= 0.3 is 6.18 Å². The van der Waals surface area contributed by atoms with Gasteiger partial charge in [-0.2, -0.15) is 13.2 Å². The lowest BCUT2D eigenvalue weighted by Crippen LogP contribution is -2.32. The number of amides is 1. The number of aromatic amines is 1. The number of carbonyl (C=O) groups excluding carboxylic acids is 1. The van der Waals surface area contributed by atoms with Crippen LogP contribution in [0.3, 0.4) is 0 Å². The minimum Gasteiger partial charge on any atom is -0.345 e. The third-order valence-corrected chi connectivity index (χ3v) is 4.90. The largest absolute Gasteiger partial charge is 0.392 e. The van der Waals surface area contributed by atoms with Gasteiger partial charge < -0.3 is 14.9 Å². The van der Waals surface area contributed by atoms with Crippen LogP contribution in [0.5, 0.6) is 0 Å². The van der Waals surface area contributed by atoms with Crippen molar-refractivity contribution < 1.29 is 18.0 Å². The lowest BCUT2D eigenvalue weighted by molar-refractivity contribution is -0.179. The first-order chi connectivity index (χ1) is 13.3. The number of hydrogen-bond acceptors (Lipinski definition) is 4. The average molecular weight is 391 g/mol. The Morgan fingerprint density at radius 1 is 1.29 bits per heavy atom. The first-order valence-corrected chi connectivity index (χ1v) is 8.71. The molecule has 0 unspecified atom stereocenters. The molecule has 0 fully saturated rings. The molecule has 1 aliphatic heterocycles. The molecule has 4 rings (SSSR count). The van der Waals surface area contributed by atoms with Crippen LogP contribution in [-0.2, 0) is 19.5 Å². The summed E-state index contributed by atoms with van der Waals surface area (Å²) in [4.78, 5) is 27.0. The molecule has 0 radical (unpaired) electrons. The Balaban J connectivity index is 1.52. The molecule has 0 saturated heterocycles. The Labute approximate surface area is 156 Å². The predicted octanol–water partition coefficient (Wildman–Crippen LogP) is 2.17. The van der Waals surface area contributed by atoms with Crippen molar-refractivity contribution in [3.63, 3.8) is 0 Å². The van der Waals surface area contributed by atoms with Crippen molar-refractivity contribution in [1.82, 2.24) is 25.1 Å². The number of nitrogens with one attached hydrogen (secondary N) is 2. The zero-order valence-electron chi connectivity index (χ0n) is 14.6. The Morgan fingerprint density at radius 3 is 2.86 bits per heavy atom. The minimum atomic E-state index is -4.26. The van der Waals surface area contributed by atoms with Crippen molar-refractivity contribution in [3.05, 3.63) is 57.9 Å². The number of H-pyrrole nitrogens is 1. The smallest absolute Gasteiger partial charge is 0.345 e. The second-order valence-electron chi connectivity index (χ2n) is 6.69. The zero-order chi connectivity index (χ0) is 19.9. The van der Waals surface area contributed by atoms with Gasteiger partial charge in [-0.3, -0.25) is 9.59 Å². The molecule has 146 valence electrons. The van der Waals surface area contributed by atoms with E-state index in [2.05, 4.69) is 20.5 Å². The molecule has 0 spiro atoms. The number of aromatic nitrogens is 4. The van der Waals surface area contributed by atoms with Crippen LogP contribution in [0.4, 0.5) is 13.2 Å². The molecule has 2 N–H and O–H groups in total. The predicted molar refractivity (Wildman–Crippen MR) is 93.6 cm³/mol. The summed E-state index contributed by atoms with van der Waals surface area (Å²) in [6.07, 6.45) is -4.52. The summed E-state index contributed by atoms with van der Waals surface area (Å²) in [5.41, 5.74) is 0.356. The quantitative estimate of drug-likeness (QED) is 0.716. The van der Waals surface area contributed by atoms with Crippen LogP contribution in [-0.4, -0.2) is 31.8 Å². The lowest BCUT2D eigenvalue weighted by Gasteiger charge is -2.25. The van der Waals surface area contributed by atoms with E-state index in [4.69, 9.17) is 0 Å². The van der Waals surface area contributed by atoms with Crippen LogP contribution in [0.1, 0.15) is 28.4 Å². The van der Waals surface area contributed by atoms with Crippen LogP contribution in [0.25, 0.3) is 10.9 Å². The van der Waals surface area contributed by atoms with Gasteiger partial charge in [0.1, 0.15) is 5.82 Å². The van der Waals surface area contributed by atoms with Crippen molar-refractivity contribution in [2.75, 3.05) is 0 Å². The first kappa shape index (κ1) is 18.2. The van der Waals surface area contributed by atoms with Gasteiger partial charge in [-0.25, -0.2) is 0 Å². The van der Waals surface area contributed by atoms with Crippen molar-refractivity contribution in [2.24, 2.45) is 5.92 Å². The molecule has 1 aromatic carbocycles. The highest BCUT2D eigenvalue weighted by Gasteiger charge is 2.42. The molecular weight excluding hydrogens is 375 g/mol. The molecule has 0 bridgehead atoms. The number of nitrogens with zero attached hydrogens (tertiary/aromatic N) is 3. The number of alkyl halides is 3. The van der Waals surface area contributed by atoms with Gasteiger partial charge in [0, 0.05) is 29.9 Å². The molecule has 1 amide bonds. The average Bonchev–Trinajstić information content (AvgIpc) is 3.07. The van der Waals surface area contributed by atoms with Gasteiger partial charge in [0.2, 0.25) is 5.56 Å². The molecule has 7 nitrogen and oxygen atoms in total. The number of hydrogen-bond donors (Lipinski definition) is 2. The molecule has 2 aromatic heterocycles. The standard InChI is InChI=1S/C18H16F3N5O2/c19-18(20,21)10-5-6-26-14(7-10)24-25-15(26)9-22-17(28)12-8-16(27)23-13-4-2-1-3-11(12)13/h1-4,8,10H,5-7,9H2,(H,22,28)(H,23,27)/t10-/m1/s1. The summed E-state index contributed by atoms with van der Waals surface area (Å²) in [6, 6.07) is 8.13. The van der Waals surface area contributed by atoms with Gasteiger partial charge in [-0.05, 0) is 12.5 Å². The maximum atomic E-state index is 12.9. The molecule has 28 heavy (non-hydrogen) atoms. The van der Waals surface area contributed by atoms with Crippen LogP contribution < -0.4 is 10.9 Å². The van der Waals surface area contributed by atoms with Gasteiger partial charge in [0.25, 0.3) is 5.91 Å². The SMILES string of the molecule is O=C(NCc1nnc2n1CC[C@@H](C(F)(F)F)C2)c1cc(=O)[nH]c2ccccc12. The number of rotatable bonds is 3. The van der Waals surface area contributed by atoms with E-state index in [-0.39, 0.29) is 37.3 Å². The Hall–Kier alpha value is -3.17. The maximum absolute atomic E-state index is 12.9. The van der Waals surface area contributed by atoms with E-state index < -0.39 is 23.6 Å². The molecule has 1 aliphatic rings. The van der Waals surface area contributed by atoms with Gasteiger partial charge in [-0.15, -0.1) is 10.2 Å². The fourth-order valence-corrected chi connectivity index (χ4v) is 3.45. The Bertz CT molecular complexity index is 1100. The van der Waals surface area contributed by atoms with Crippen molar-refractivity contribution in [2.45, 2.75) is 32.1 Å². The molecular formula is C18H16F3N5O2. The van der Waals surface area contributed by atoms with Crippen LogP contribution >= 0.6 is 0 Å². The fraction of sp³-hybridized carbons (Fsp3) is 0.333. The summed E-state index contributed by atoms with van der Waals surface area (Å²) in [6.45, 7) is 0.148. The first-order valence-electron chi connectivity index (χ1n) is 8.71. The third-order valence-electron chi connectivity index (χ3n) is 4.90. The van der Waals surface area contributed by atoms with E-state index in [9.17, 15) is 22.8 Å². The molecule has 3 aromatic rings. The van der Waals surface area contributed by atoms with Crippen molar-refractivity contribution in [3.8, 4) is 0 Å². The number of halogens is 3. The fourth-order valence-electron chi connectivity index (χ4n) is 3.45. The van der Waals surface area contributed by atoms with E-state index in [1.54, 1.807) is 28.8 Å². The van der Waals surface area contributed by atoms with Gasteiger partial charge in [0.05, 0.1) is 18.0 Å². The summed E-state index contributed by atoms with van der Waals surface area (Å²) in [7, 11) is 0. The van der Waals surface area contributed by atoms with Crippen LogP contribution in [0.15, 0.2) is 35.1 Å². The van der Waals surface area contributed by atoms with E-state index >= 15 is 0 Å². The minimum absolute atomic E-state index is 0.00361. The zero-order valence-corrected chi connectivity index (χ0v) is 14.6. The Morgan fingerprint density at radius 2 is 2.07 bits per heavy atom. The monoisotopic (exact) mass is 391 g/mol.